The number of furan rings is 1. The van der Waals surface area contributed by atoms with Gasteiger partial charge in [0.1, 0.15) is 6.61 Å². The summed E-state index contributed by atoms with van der Waals surface area (Å²) in [5, 5.41) is 3.12. The van der Waals surface area contributed by atoms with Gasteiger partial charge in [-0.1, -0.05) is 29.8 Å². The van der Waals surface area contributed by atoms with E-state index in [9.17, 15) is 9.59 Å². The molecule has 1 heterocycles. The van der Waals surface area contributed by atoms with Crippen LogP contribution in [0.5, 0.6) is 11.5 Å². The second-order valence-corrected chi connectivity index (χ2v) is 6.26. The third-order valence-corrected chi connectivity index (χ3v) is 4.42. The third kappa shape index (κ3) is 4.70. The first-order chi connectivity index (χ1) is 14.0. The summed E-state index contributed by atoms with van der Waals surface area (Å²) < 4.78 is 21.0. The molecule has 0 radical (unpaired) electrons. The maximum atomic E-state index is 12.7. The van der Waals surface area contributed by atoms with Crippen LogP contribution in [0.2, 0.25) is 5.02 Å². The fraction of sp³-hybridized carbons (Fsp3) is 0.143. The number of halogens is 1. The van der Waals surface area contributed by atoms with Gasteiger partial charge in [-0.3, -0.25) is 4.79 Å². The minimum absolute atomic E-state index is 0.0293. The van der Waals surface area contributed by atoms with E-state index < -0.39 is 11.9 Å². The summed E-state index contributed by atoms with van der Waals surface area (Å²) in [5.41, 5.74) is 0.937. The van der Waals surface area contributed by atoms with Gasteiger partial charge in [0.25, 0.3) is 5.91 Å². The number of carbonyl (C=O) groups excluding carboxylic acids is 2. The molecule has 3 aromatic rings. The van der Waals surface area contributed by atoms with Crippen molar-refractivity contribution in [2.24, 2.45) is 0 Å². The summed E-state index contributed by atoms with van der Waals surface area (Å²) in [7, 11) is 2.89. The molecule has 0 aliphatic heterocycles. The molecule has 0 aliphatic rings. The van der Waals surface area contributed by atoms with Crippen LogP contribution in [0.3, 0.4) is 0 Å². The van der Waals surface area contributed by atoms with Gasteiger partial charge in [-0.05, 0) is 18.2 Å². The Hall–Kier alpha value is -3.45. The molecule has 1 N–H and O–H groups in total. The number of benzene rings is 2. The Bertz CT molecular complexity index is 1020. The van der Waals surface area contributed by atoms with E-state index in [-0.39, 0.29) is 23.6 Å². The molecule has 7 nitrogen and oxygen atoms in total. The van der Waals surface area contributed by atoms with Gasteiger partial charge in [0.2, 0.25) is 0 Å². The van der Waals surface area contributed by atoms with Crippen LogP contribution in [-0.2, 0) is 11.3 Å². The molecule has 150 valence electrons. The topological polar surface area (TPSA) is 87.0 Å². The van der Waals surface area contributed by atoms with Crippen LogP contribution in [-0.4, -0.2) is 26.1 Å². The van der Waals surface area contributed by atoms with E-state index in [1.54, 1.807) is 30.3 Å². The fourth-order valence-electron chi connectivity index (χ4n) is 2.58. The van der Waals surface area contributed by atoms with Crippen molar-refractivity contribution in [2.45, 2.75) is 6.61 Å². The van der Waals surface area contributed by atoms with Gasteiger partial charge in [0.15, 0.2) is 17.3 Å². The van der Waals surface area contributed by atoms with E-state index in [4.69, 9.17) is 30.2 Å². The minimum atomic E-state index is -0.666. The minimum Gasteiger partial charge on any atom is -0.493 e. The highest BCUT2D eigenvalue weighted by Crippen LogP contribution is 2.34. The Kier molecular flexibility index (Phi) is 6.41. The molecular formula is C21H18ClNO6. The molecule has 0 saturated heterocycles. The van der Waals surface area contributed by atoms with Gasteiger partial charge >= 0.3 is 5.97 Å². The second kappa shape index (κ2) is 9.16. The molecular weight excluding hydrogens is 398 g/mol. The monoisotopic (exact) mass is 415 g/mol. The van der Waals surface area contributed by atoms with Gasteiger partial charge < -0.3 is 23.9 Å². The number of anilines is 1. The molecule has 0 fully saturated rings. The van der Waals surface area contributed by atoms with E-state index in [1.165, 1.54) is 38.7 Å². The molecule has 29 heavy (non-hydrogen) atoms. The molecule has 8 heteroatoms. The Morgan fingerprint density at radius 1 is 1.03 bits per heavy atom. The van der Waals surface area contributed by atoms with Gasteiger partial charge in [0, 0.05) is 22.7 Å². The number of methoxy groups -OCH3 is 2. The van der Waals surface area contributed by atoms with Gasteiger partial charge in [-0.15, -0.1) is 0 Å². The van der Waals surface area contributed by atoms with Crippen molar-refractivity contribution >= 4 is 29.2 Å². The maximum Gasteiger partial charge on any atom is 0.340 e. The Morgan fingerprint density at radius 3 is 2.41 bits per heavy atom. The number of esters is 1. The molecule has 1 aromatic heterocycles. The quantitative estimate of drug-likeness (QED) is 0.569. The normalized spacial score (nSPS) is 10.3. The SMILES string of the molecule is COc1cc(NC(=O)c2ccco2)c(C(=O)OCc2ccccc2Cl)cc1OC. The van der Waals surface area contributed by atoms with Crippen LogP contribution in [0.25, 0.3) is 0 Å². The van der Waals surface area contributed by atoms with Crippen molar-refractivity contribution in [2.75, 3.05) is 19.5 Å². The molecule has 0 aliphatic carbocycles. The van der Waals surface area contributed by atoms with E-state index in [0.717, 1.165) is 0 Å². The highest BCUT2D eigenvalue weighted by molar-refractivity contribution is 6.31. The number of rotatable bonds is 7. The van der Waals surface area contributed by atoms with Crippen molar-refractivity contribution in [3.63, 3.8) is 0 Å². The molecule has 1 amide bonds. The third-order valence-electron chi connectivity index (χ3n) is 4.05. The van der Waals surface area contributed by atoms with Crippen molar-refractivity contribution in [3.05, 3.63) is 76.7 Å². The van der Waals surface area contributed by atoms with Crippen LogP contribution >= 0.6 is 11.6 Å². The van der Waals surface area contributed by atoms with Crippen LogP contribution in [0.1, 0.15) is 26.5 Å². The average Bonchev–Trinajstić information content (AvgIpc) is 3.27. The summed E-state index contributed by atoms with van der Waals surface area (Å²) in [6.07, 6.45) is 1.38. The lowest BCUT2D eigenvalue weighted by Crippen LogP contribution is -2.16. The Balaban J connectivity index is 1.89. The lowest BCUT2D eigenvalue weighted by Gasteiger charge is -2.15. The summed E-state index contributed by atoms with van der Waals surface area (Å²) >= 11 is 6.10. The zero-order chi connectivity index (χ0) is 20.8. The lowest BCUT2D eigenvalue weighted by molar-refractivity contribution is 0.0473. The van der Waals surface area contributed by atoms with E-state index in [0.29, 0.717) is 22.1 Å². The molecule has 3 rings (SSSR count). The zero-order valence-electron chi connectivity index (χ0n) is 15.7. The first-order valence-corrected chi connectivity index (χ1v) is 8.92. The summed E-state index contributed by atoms with van der Waals surface area (Å²) in [4.78, 5) is 25.1. The number of nitrogens with one attached hydrogen (secondary N) is 1. The van der Waals surface area contributed by atoms with Crippen molar-refractivity contribution in [1.82, 2.24) is 0 Å². The van der Waals surface area contributed by atoms with Gasteiger partial charge in [0.05, 0.1) is 31.7 Å². The van der Waals surface area contributed by atoms with Gasteiger partial charge in [-0.25, -0.2) is 4.79 Å². The number of amides is 1. The lowest BCUT2D eigenvalue weighted by atomic mass is 10.1. The standard InChI is InChI=1S/C21H18ClNO6/c1-26-18-10-14(21(25)29-12-13-6-3-4-7-15(13)22)16(11-19(18)27-2)23-20(24)17-8-5-9-28-17/h3-11H,12H2,1-2H3,(H,23,24). The van der Waals surface area contributed by atoms with Crippen LogP contribution in [0.15, 0.2) is 59.2 Å². The van der Waals surface area contributed by atoms with E-state index >= 15 is 0 Å². The number of ether oxygens (including phenoxy) is 3. The van der Waals surface area contributed by atoms with Crippen molar-refractivity contribution < 1.29 is 28.2 Å². The van der Waals surface area contributed by atoms with Crippen LogP contribution in [0, 0.1) is 0 Å². The number of carbonyl (C=O) groups is 2. The fourth-order valence-corrected chi connectivity index (χ4v) is 2.77. The predicted octanol–water partition coefficient (Wildman–Crippen LogP) is 4.56. The molecule has 0 saturated carbocycles. The summed E-state index contributed by atoms with van der Waals surface area (Å²) in [5.74, 6) is -0.448. The smallest absolute Gasteiger partial charge is 0.340 e. The predicted molar refractivity (Wildman–Crippen MR) is 107 cm³/mol. The molecule has 2 aromatic carbocycles. The van der Waals surface area contributed by atoms with Crippen molar-refractivity contribution in [3.8, 4) is 11.5 Å². The van der Waals surface area contributed by atoms with E-state index in [2.05, 4.69) is 5.32 Å². The van der Waals surface area contributed by atoms with Crippen LogP contribution in [0.4, 0.5) is 5.69 Å². The molecule has 0 unspecified atom stereocenters. The number of hydrogen-bond donors (Lipinski definition) is 1. The summed E-state index contributed by atoms with van der Waals surface area (Å²) in [6.45, 7) is -0.0293. The average molecular weight is 416 g/mol. The van der Waals surface area contributed by atoms with Gasteiger partial charge in [-0.2, -0.15) is 0 Å². The first-order valence-electron chi connectivity index (χ1n) is 8.55. The highest BCUT2D eigenvalue weighted by Gasteiger charge is 2.21. The Labute approximate surface area is 172 Å². The summed E-state index contributed by atoms with van der Waals surface area (Å²) in [6, 6.07) is 13.0. The van der Waals surface area contributed by atoms with Crippen molar-refractivity contribution in [1.29, 1.82) is 0 Å². The second-order valence-electron chi connectivity index (χ2n) is 5.85. The zero-order valence-corrected chi connectivity index (χ0v) is 16.5. The first kappa shape index (κ1) is 20.3. The molecule has 0 bridgehead atoms. The number of hydrogen-bond acceptors (Lipinski definition) is 6. The highest BCUT2D eigenvalue weighted by atomic mass is 35.5. The largest absolute Gasteiger partial charge is 0.493 e. The molecule has 0 spiro atoms. The maximum absolute atomic E-state index is 12.7. The van der Waals surface area contributed by atoms with E-state index in [1.807, 2.05) is 0 Å². The molecule has 0 atom stereocenters. The van der Waals surface area contributed by atoms with Crippen LogP contribution < -0.4 is 14.8 Å². The Morgan fingerprint density at radius 2 is 1.76 bits per heavy atom.